The van der Waals surface area contributed by atoms with Gasteiger partial charge in [0, 0.05) is 49.1 Å². The van der Waals surface area contributed by atoms with E-state index in [-0.39, 0.29) is 11.9 Å². The second-order valence-corrected chi connectivity index (χ2v) is 6.05. The van der Waals surface area contributed by atoms with E-state index in [1.165, 1.54) is 0 Å². The Balaban J connectivity index is 1.49. The largest absolute Gasteiger partial charge is 0.337 e. The summed E-state index contributed by atoms with van der Waals surface area (Å²) in [5.41, 5.74) is 1.72. The van der Waals surface area contributed by atoms with Crippen LogP contribution in [-0.2, 0) is 0 Å². The van der Waals surface area contributed by atoms with E-state index in [1.54, 1.807) is 18.7 Å². The lowest BCUT2D eigenvalue weighted by Crippen LogP contribution is -2.40. The van der Waals surface area contributed by atoms with Gasteiger partial charge in [0.05, 0.1) is 12.4 Å². The summed E-state index contributed by atoms with van der Waals surface area (Å²) >= 11 is 0. The van der Waals surface area contributed by atoms with Crippen molar-refractivity contribution in [2.24, 2.45) is 0 Å². The number of amides is 1. The monoisotopic (exact) mass is 321 g/mol. The number of piperidine rings is 1. The van der Waals surface area contributed by atoms with Gasteiger partial charge in [-0.1, -0.05) is 0 Å². The first-order chi connectivity index (χ1) is 11.8. The summed E-state index contributed by atoms with van der Waals surface area (Å²) in [6.45, 7) is 1.52. The second kappa shape index (κ2) is 6.31. The van der Waals surface area contributed by atoms with Gasteiger partial charge in [-0.2, -0.15) is 5.10 Å². The average Bonchev–Trinajstić information content (AvgIpc) is 3.35. The molecule has 1 unspecified atom stereocenters. The summed E-state index contributed by atoms with van der Waals surface area (Å²) in [6, 6.07) is 9.86. The standard InChI is InChI=1S/C18H19N5O/c24-18(15-4-6-16(7-5-15)22-12-9-19-14-22)21-10-1-3-17(13-21)23-11-2-8-20-23/h2,4-9,11-12,14,17H,1,3,10,13H2. The van der Waals surface area contributed by atoms with Gasteiger partial charge in [0.25, 0.3) is 5.91 Å². The second-order valence-electron chi connectivity index (χ2n) is 6.05. The number of carbonyl (C=O) groups excluding carboxylic acids is 1. The number of imidazole rings is 1. The smallest absolute Gasteiger partial charge is 0.253 e. The lowest BCUT2D eigenvalue weighted by Gasteiger charge is -2.33. The van der Waals surface area contributed by atoms with Crippen LogP contribution >= 0.6 is 0 Å². The molecule has 2 aromatic heterocycles. The molecule has 1 aliphatic heterocycles. The van der Waals surface area contributed by atoms with Gasteiger partial charge in [-0.3, -0.25) is 9.48 Å². The summed E-state index contributed by atoms with van der Waals surface area (Å²) in [7, 11) is 0. The van der Waals surface area contributed by atoms with Crippen LogP contribution < -0.4 is 0 Å². The Morgan fingerprint density at radius 1 is 1.12 bits per heavy atom. The SMILES string of the molecule is O=C(c1ccc(-n2ccnc2)cc1)N1CCCC(n2cccn2)C1. The fraction of sp³-hybridized carbons (Fsp3) is 0.278. The highest BCUT2D eigenvalue weighted by Crippen LogP contribution is 2.22. The highest BCUT2D eigenvalue weighted by molar-refractivity contribution is 5.94. The quantitative estimate of drug-likeness (QED) is 0.745. The van der Waals surface area contributed by atoms with Crippen LogP contribution in [0, 0.1) is 0 Å². The Morgan fingerprint density at radius 2 is 2.00 bits per heavy atom. The maximum Gasteiger partial charge on any atom is 0.253 e. The van der Waals surface area contributed by atoms with Crippen molar-refractivity contribution in [1.29, 1.82) is 0 Å². The number of rotatable bonds is 3. The molecule has 1 amide bonds. The number of hydrogen-bond acceptors (Lipinski definition) is 3. The number of carbonyl (C=O) groups is 1. The zero-order valence-corrected chi connectivity index (χ0v) is 13.3. The van der Waals surface area contributed by atoms with Crippen molar-refractivity contribution < 1.29 is 4.79 Å². The predicted molar refractivity (Wildman–Crippen MR) is 90.0 cm³/mol. The average molecular weight is 321 g/mol. The minimum Gasteiger partial charge on any atom is -0.337 e. The van der Waals surface area contributed by atoms with Gasteiger partial charge < -0.3 is 9.47 Å². The van der Waals surface area contributed by atoms with Gasteiger partial charge in [-0.15, -0.1) is 0 Å². The number of likely N-dealkylation sites (tertiary alicyclic amines) is 1. The first-order valence-corrected chi connectivity index (χ1v) is 8.18. The molecular formula is C18H19N5O. The van der Waals surface area contributed by atoms with Gasteiger partial charge in [0.2, 0.25) is 0 Å². The van der Waals surface area contributed by atoms with Crippen LogP contribution in [0.5, 0.6) is 0 Å². The van der Waals surface area contributed by atoms with Crippen molar-refractivity contribution in [3.8, 4) is 5.69 Å². The third-order valence-electron chi connectivity index (χ3n) is 4.50. The molecule has 6 nitrogen and oxygen atoms in total. The van der Waals surface area contributed by atoms with Crippen LogP contribution in [0.4, 0.5) is 0 Å². The molecule has 122 valence electrons. The lowest BCUT2D eigenvalue weighted by molar-refractivity contribution is 0.0673. The maximum atomic E-state index is 12.8. The Hall–Kier alpha value is -2.89. The first kappa shape index (κ1) is 14.7. The van der Waals surface area contributed by atoms with E-state index in [1.807, 2.05) is 56.9 Å². The Morgan fingerprint density at radius 3 is 2.71 bits per heavy atom. The minimum absolute atomic E-state index is 0.0871. The Kier molecular flexibility index (Phi) is 3.86. The van der Waals surface area contributed by atoms with Crippen molar-refractivity contribution in [1.82, 2.24) is 24.2 Å². The topological polar surface area (TPSA) is 56.0 Å². The van der Waals surface area contributed by atoms with Crippen LogP contribution in [0.15, 0.2) is 61.4 Å². The van der Waals surface area contributed by atoms with Gasteiger partial charge >= 0.3 is 0 Å². The predicted octanol–water partition coefficient (Wildman–Crippen LogP) is 2.55. The number of aromatic nitrogens is 4. The van der Waals surface area contributed by atoms with Crippen LogP contribution in [0.25, 0.3) is 5.69 Å². The number of nitrogens with zero attached hydrogens (tertiary/aromatic N) is 5. The minimum atomic E-state index is 0.0871. The van der Waals surface area contributed by atoms with E-state index in [2.05, 4.69) is 10.1 Å². The first-order valence-electron chi connectivity index (χ1n) is 8.18. The summed E-state index contributed by atoms with van der Waals surface area (Å²) in [5.74, 6) is 0.0871. The Labute approximate surface area is 140 Å². The lowest BCUT2D eigenvalue weighted by atomic mass is 10.0. The molecule has 0 aliphatic carbocycles. The summed E-state index contributed by atoms with van der Waals surface area (Å²) in [5, 5.41) is 4.32. The summed E-state index contributed by atoms with van der Waals surface area (Å²) in [6.07, 6.45) is 11.2. The number of hydrogen-bond donors (Lipinski definition) is 0. The van der Waals surface area contributed by atoms with E-state index in [4.69, 9.17) is 0 Å². The highest BCUT2D eigenvalue weighted by atomic mass is 16.2. The van der Waals surface area contributed by atoms with Crippen LogP contribution in [0.2, 0.25) is 0 Å². The van der Waals surface area contributed by atoms with Crippen molar-refractivity contribution in [3.63, 3.8) is 0 Å². The fourth-order valence-electron chi connectivity index (χ4n) is 3.22. The summed E-state index contributed by atoms with van der Waals surface area (Å²) in [4.78, 5) is 18.8. The van der Waals surface area contributed by atoms with E-state index in [0.29, 0.717) is 6.54 Å². The zero-order chi connectivity index (χ0) is 16.4. The molecule has 1 saturated heterocycles. The molecule has 1 aromatic carbocycles. The molecule has 0 radical (unpaired) electrons. The van der Waals surface area contributed by atoms with Gasteiger partial charge in [0.1, 0.15) is 0 Å². The third kappa shape index (κ3) is 2.82. The molecule has 0 spiro atoms. The molecule has 0 N–H and O–H groups in total. The summed E-state index contributed by atoms with van der Waals surface area (Å²) < 4.78 is 3.88. The van der Waals surface area contributed by atoms with Crippen molar-refractivity contribution >= 4 is 5.91 Å². The normalized spacial score (nSPS) is 17.8. The van der Waals surface area contributed by atoms with Crippen molar-refractivity contribution in [2.75, 3.05) is 13.1 Å². The third-order valence-corrected chi connectivity index (χ3v) is 4.50. The van der Waals surface area contributed by atoms with Crippen molar-refractivity contribution in [3.05, 3.63) is 67.0 Å². The molecule has 1 aliphatic rings. The van der Waals surface area contributed by atoms with Crippen molar-refractivity contribution in [2.45, 2.75) is 18.9 Å². The molecule has 0 bridgehead atoms. The van der Waals surface area contributed by atoms with Gasteiger partial charge in [-0.05, 0) is 43.2 Å². The van der Waals surface area contributed by atoms with Crippen LogP contribution in [0.3, 0.4) is 0 Å². The molecule has 6 heteroatoms. The van der Waals surface area contributed by atoms with E-state index in [0.717, 1.165) is 30.6 Å². The highest BCUT2D eigenvalue weighted by Gasteiger charge is 2.25. The molecule has 3 heterocycles. The van der Waals surface area contributed by atoms with E-state index >= 15 is 0 Å². The molecule has 1 fully saturated rings. The van der Waals surface area contributed by atoms with Gasteiger partial charge in [0.15, 0.2) is 0 Å². The fourth-order valence-corrected chi connectivity index (χ4v) is 3.22. The molecule has 0 saturated carbocycles. The van der Waals surface area contributed by atoms with Gasteiger partial charge in [-0.25, -0.2) is 4.98 Å². The Bertz CT molecular complexity index is 793. The van der Waals surface area contributed by atoms with Crippen LogP contribution in [-0.4, -0.2) is 43.2 Å². The molecule has 4 rings (SSSR count). The van der Waals surface area contributed by atoms with Crippen LogP contribution in [0.1, 0.15) is 29.2 Å². The molecule has 1 atom stereocenters. The molecule has 24 heavy (non-hydrogen) atoms. The van der Waals surface area contributed by atoms with E-state index in [9.17, 15) is 4.79 Å². The maximum absolute atomic E-state index is 12.8. The molecular weight excluding hydrogens is 302 g/mol. The van der Waals surface area contributed by atoms with E-state index < -0.39 is 0 Å². The number of benzene rings is 1. The molecule has 3 aromatic rings. The zero-order valence-electron chi connectivity index (χ0n) is 13.3.